The van der Waals surface area contributed by atoms with E-state index in [0.29, 0.717) is 5.82 Å². The number of fused-ring (bicyclic) bond motifs is 6. The van der Waals surface area contributed by atoms with E-state index in [9.17, 15) is 0 Å². The van der Waals surface area contributed by atoms with Crippen LogP contribution in [-0.4, -0.2) is 9.97 Å². The number of hydrogen-bond acceptors (Lipinski definition) is 4. The lowest BCUT2D eigenvalue weighted by molar-refractivity contribution is 0.660. The van der Waals surface area contributed by atoms with E-state index in [-0.39, 0.29) is 5.41 Å². The molecule has 0 aliphatic heterocycles. The molecule has 2 heterocycles. The zero-order valence-corrected chi connectivity index (χ0v) is 32.8. The molecule has 0 spiro atoms. The summed E-state index contributed by atoms with van der Waals surface area (Å²) in [7, 11) is 0. The summed E-state index contributed by atoms with van der Waals surface area (Å²) in [5, 5.41) is 2.01. The lowest BCUT2D eigenvalue weighted by atomic mass is 9.82. The van der Waals surface area contributed by atoms with Crippen molar-refractivity contribution >= 4 is 39.0 Å². The fraction of sp³-hybridized carbons (Fsp3) is 0.0545. The van der Waals surface area contributed by atoms with E-state index in [2.05, 4.69) is 170 Å². The minimum atomic E-state index is -0.140. The highest BCUT2D eigenvalue weighted by atomic mass is 16.3. The normalized spacial score (nSPS) is 12.7. The summed E-state index contributed by atoms with van der Waals surface area (Å²) in [6.07, 6.45) is 0. The summed E-state index contributed by atoms with van der Waals surface area (Å²) in [6, 6.07) is 70.6. The number of furan rings is 1. The van der Waals surface area contributed by atoms with Crippen molar-refractivity contribution in [2.24, 2.45) is 0 Å². The molecule has 0 bridgehead atoms. The molecular formula is C55H39N3O. The maximum Gasteiger partial charge on any atom is 0.161 e. The summed E-state index contributed by atoms with van der Waals surface area (Å²) < 4.78 is 6.77. The van der Waals surface area contributed by atoms with Crippen molar-refractivity contribution in [1.82, 2.24) is 9.97 Å². The van der Waals surface area contributed by atoms with E-state index in [0.717, 1.165) is 72.6 Å². The maximum absolute atomic E-state index is 6.77. The topological polar surface area (TPSA) is 42.2 Å². The molecular weight excluding hydrogens is 719 g/mol. The molecule has 0 saturated carbocycles. The third-order valence-corrected chi connectivity index (χ3v) is 11.9. The number of hydrogen-bond donors (Lipinski definition) is 0. The Hall–Kier alpha value is -7.56. The van der Waals surface area contributed by atoms with Crippen LogP contribution in [0, 0.1) is 0 Å². The van der Waals surface area contributed by atoms with E-state index in [1.165, 1.54) is 27.8 Å². The predicted molar refractivity (Wildman–Crippen MR) is 243 cm³/mol. The largest absolute Gasteiger partial charge is 0.456 e. The Bertz CT molecular complexity index is 3130. The van der Waals surface area contributed by atoms with Crippen molar-refractivity contribution in [3.05, 3.63) is 211 Å². The van der Waals surface area contributed by atoms with Gasteiger partial charge in [0.05, 0.1) is 11.4 Å². The Labute approximate surface area is 343 Å². The highest BCUT2D eigenvalue weighted by Gasteiger charge is 2.35. The van der Waals surface area contributed by atoms with Crippen LogP contribution in [0.25, 0.3) is 78.1 Å². The molecule has 0 atom stereocenters. The van der Waals surface area contributed by atoms with Gasteiger partial charge >= 0.3 is 0 Å². The van der Waals surface area contributed by atoms with Gasteiger partial charge < -0.3 is 9.32 Å². The third kappa shape index (κ3) is 5.92. The minimum Gasteiger partial charge on any atom is -0.456 e. The molecule has 1 aliphatic rings. The van der Waals surface area contributed by atoms with Crippen LogP contribution in [0.15, 0.2) is 205 Å². The van der Waals surface area contributed by atoms with Crippen LogP contribution in [0.2, 0.25) is 0 Å². The van der Waals surface area contributed by atoms with Crippen molar-refractivity contribution in [1.29, 1.82) is 0 Å². The van der Waals surface area contributed by atoms with Gasteiger partial charge in [-0.2, -0.15) is 0 Å². The molecule has 0 saturated heterocycles. The molecule has 0 amide bonds. The van der Waals surface area contributed by atoms with E-state index >= 15 is 0 Å². The quantitative estimate of drug-likeness (QED) is 0.162. The van der Waals surface area contributed by atoms with Crippen molar-refractivity contribution in [2.75, 3.05) is 4.90 Å². The van der Waals surface area contributed by atoms with Crippen LogP contribution in [0.5, 0.6) is 0 Å². The second kappa shape index (κ2) is 13.8. The zero-order valence-electron chi connectivity index (χ0n) is 32.8. The monoisotopic (exact) mass is 757 g/mol. The van der Waals surface area contributed by atoms with Crippen LogP contribution in [0.1, 0.15) is 25.0 Å². The van der Waals surface area contributed by atoms with Gasteiger partial charge in [-0.1, -0.05) is 159 Å². The Morgan fingerprint density at radius 2 is 0.966 bits per heavy atom. The van der Waals surface area contributed by atoms with E-state index in [1.54, 1.807) is 0 Å². The Morgan fingerprint density at radius 3 is 1.69 bits per heavy atom. The van der Waals surface area contributed by atoms with E-state index in [1.807, 2.05) is 48.5 Å². The minimum absolute atomic E-state index is 0.140. The molecule has 0 fully saturated rings. The molecule has 11 rings (SSSR count). The van der Waals surface area contributed by atoms with Gasteiger partial charge in [0.15, 0.2) is 5.82 Å². The smallest absolute Gasteiger partial charge is 0.161 e. The first kappa shape index (κ1) is 34.7. The second-order valence-electron chi connectivity index (χ2n) is 15.8. The van der Waals surface area contributed by atoms with E-state index in [4.69, 9.17) is 14.4 Å². The summed E-state index contributed by atoms with van der Waals surface area (Å²) in [4.78, 5) is 12.7. The standard InChI is InChI=1S/C55H39N3O/c1-55(2)47-26-13-12-24-43(47)44-30-28-41(33-48(44)55)58(40-23-14-22-39(32-40)36-16-6-3-7-17-36)42-29-31-45-52(34-42)59-51-27-15-25-46(53(45)51)54-56-49(37-18-8-4-9-19-37)35-50(57-54)38-20-10-5-11-21-38/h3-35H,1-2H3. The predicted octanol–water partition coefficient (Wildman–Crippen LogP) is 14.8. The second-order valence-corrected chi connectivity index (χ2v) is 15.8. The molecule has 1 aliphatic carbocycles. The number of aromatic nitrogens is 2. The third-order valence-electron chi connectivity index (χ3n) is 11.9. The highest BCUT2D eigenvalue weighted by Crippen LogP contribution is 2.51. The Kier molecular flexibility index (Phi) is 8.12. The molecule has 0 radical (unpaired) electrons. The lowest BCUT2D eigenvalue weighted by Crippen LogP contribution is -2.16. The Balaban J connectivity index is 1.08. The SMILES string of the molecule is CC1(C)c2ccccc2-c2ccc(N(c3cccc(-c4ccccc4)c3)c3ccc4c(c3)oc3cccc(-c5nc(-c6ccccc6)cc(-c6ccccc6)n5)c34)cc21. The average molecular weight is 758 g/mol. The van der Waals surface area contributed by atoms with Gasteiger partial charge in [-0.25, -0.2) is 9.97 Å². The molecule has 8 aromatic carbocycles. The maximum atomic E-state index is 6.77. The zero-order chi connectivity index (χ0) is 39.5. The van der Waals surface area contributed by atoms with Crippen LogP contribution >= 0.6 is 0 Å². The summed E-state index contributed by atoms with van der Waals surface area (Å²) in [5.74, 6) is 0.656. The summed E-state index contributed by atoms with van der Waals surface area (Å²) in [6.45, 7) is 4.67. The van der Waals surface area contributed by atoms with Gasteiger partial charge in [0.25, 0.3) is 0 Å². The van der Waals surface area contributed by atoms with Crippen molar-refractivity contribution in [2.45, 2.75) is 19.3 Å². The van der Waals surface area contributed by atoms with Gasteiger partial charge in [0.2, 0.25) is 0 Å². The molecule has 280 valence electrons. The number of anilines is 3. The highest BCUT2D eigenvalue weighted by molar-refractivity contribution is 6.12. The van der Waals surface area contributed by atoms with E-state index < -0.39 is 0 Å². The van der Waals surface area contributed by atoms with Crippen molar-refractivity contribution < 1.29 is 4.42 Å². The van der Waals surface area contributed by atoms with Crippen LogP contribution in [0.3, 0.4) is 0 Å². The van der Waals surface area contributed by atoms with Gasteiger partial charge in [-0.05, 0) is 81.9 Å². The van der Waals surface area contributed by atoms with Crippen LogP contribution in [-0.2, 0) is 5.41 Å². The average Bonchev–Trinajstić information content (AvgIpc) is 3.78. The first-order valence-electron chi connectivity index (χ1n) is 20.2. The molecule has 0 unspecified atom stereocenters. The summed E-state index contributed by atoms with van der Waals surface area (Å²) in [5.41, 5.74) is 17.0. The first-order chi connectivity index (χ1) is 29.0. The molecule has 0 N–H and O–H groups in total. The van der Waals surface area contributed by atoms with Gasteiger partial charge in [-0.15, -0.1) is 0 Å². The summed E-state index contributed by atoms with van der Waals surface area (Å²) >= 11 is 0. The van der Waals surface area contributed by atoms with Crippen LogP contribution in [0.4, 0.5) is 17.1 Å². The number of rotatable bonds is 7. The van der Waals surface area contributed by atoms with Gasteiger partial charge in [0, 0.05) is 56.0 Å². The lowest BCUT2D eigenvalue weighted by Gasteiger charge is -2.28. The molecule has 4 nitrogen and oxygen atoms in total. The first-order valence-corrected chi connectivity index (χ1v) is 20.2. The molecule has 59 heavy (non-hydrogen) atoms. The fourth-order valence-corrected chi connectivity index (χ4v) is 8.95. The molecule has 2 aromatic heterocycles. The van der Waals surface area contributed by atoms with Crippen molar-refractivity contribution in [3.63, 3.8) is 0 Å². The number of nitrogens with zero attached hydrogens (tertiary/aromatic N) is 3. The van der Waals surface area contributed by atoms with Gasteiger partial charge in [-0.3, -0.25) is 0 Å². The van der Waals surface area contributed by atoms with Crippen molar-refractivity contribution in [3.8, 4) is 56.2 Å². The molecule has 10 aromatic rings. The number of benzene rings is 8. The van der Waals surface area contributed by atoms with Crippen LogP contribution < -0.4 is 4.90 Å². The Morgan fingerprint density at radius 1 is 0.407 bits per heavy atom. The molecule has 4 heteroatoms. The fourth-order valence-electron chi connectivity index (χ4n) is 8.95. The van der Waals surface area contributed by atoms with Gasteiger partial charge in [0.1, 0.15) is 11.2 Å².